The average Bonchev–Trinajstić information content (AvgIpc) is 3.29. The highest BCUT2D eigenvalue weighted by atomic mass is 32.2. The normalized spacial score (nSPS) is 20.8. The van der Waals surface area contributed by atoms with E-state index in [0.717, 1.165) is 55.9 Å². The molecule has 0 unspecified atom stereocenters. The van der Waals surface area contributed by atoms with Crippen LogP contribution in [0.1, 0.15) is 25.0 Å². The number of para-hydroxylation sites is 1. The number of amides is 1. The summed E-state index contributed by atoms with van der Waals surface area (Å²) in [6, 6.07) is 18.4. The van der Waals surface area contributed by atoms with Crippen LogP contribution in [0.15, 0.2) is 63.9 Å². The number of nitrogens with one attached hydrogen (secondary N) is 1. The molecule has 2 fully saturated rings. The van der Waals surface area contributed by atoms with E-state index in [1.807, 2.05) is 30.3 Å². The first-order valence-electron chi connectivity index (χ1n) is 10.3. The summed E-state index contributed by atoms with van der Waals surface area (Å²) >= 11 is 1.71. The standard InChI is InChI=1S/C24H26N2O2S/c1-29-20-8-6-18(7-9-20)25-23(27)21-15-24(21)10-12-26(13-11-24)16-19-14-17-4-2-3-5-22(17)28-19/h2-9,14,21H,10-13,15-16H2,1H3,(H,25,27)/t21-/m0/s1. The summed E-state index contributed by atoms with van der Waals surface area (Å²) in [5, 5.41) is 4.28. The van der Waals surface area contributed by atoms with E-state index in [4.69, 9.17) is 4.42 Å². The van der Waals surface area contributed by atoms with Crippen LogP contribution in [-0.4, -0.2) is 30.2 Å². The van der Waals surface area contributed by atoms with Crippen molar-refractivity contribution in [2.75, 3.05) is 24.7 Å². The van der Waals surface area contributed by atoms with Crippen LogP contribution >= 0.6 is 11.8 Å². The molecule has 1 aliphatic carbocycles. The number of furan rings is 1. The Balaban J connectivity index is 1.15. The summed E-state index contributed by atoms with van der Waals surface area (Å²) in [6.07, 6.45) is 5.27. The molecule has 1 saturated heterocycles. The number of fused-ring (bicyclic) bond motifs is 1. The number of anilines is 1. The highest BCUT2D eigenvalue weighted by molar-refractivity contribution is 7.98. The molecule has 2 aliphatic rings. The Bertz CT molecular complexity index is 986. The Morgan fingerprint density at radius 3 is 2.66 bits per heavy atom. The average molecular weight is 407 g/mol. The molecule has 0 radical (unpaired) electrons. The van der Waals surface area contributed by atoms with Gasteiger partial charge in [-0.25, -0.2) is 0 Å². The van der Waals surface area contributed by atoms with Gasteiger partial charge >= 0.3 is 0 Å². The van der Waals surface area contributed by atoms with E-state index >= 15 is 0 Å². The van der Waals surface area contributed by atoms with Crippen LogP contribution in [0.25, 0.3) is 11.0 Å². The summed E-state index contributed by atoms with van der Waals surface area (Å²) in [5.74, 6) is 1.38. The SMILES string of the molecule is CSc1ccc(NC(=O)[C@@H]2CC23CCN(Cc2cc4ccccc4o2)CC3)cc1. The number of carbonyl (C=O) groups is 1. The molecular weight excluding hydrogens is 380 g/mol. The van der Waals surface area contributed by atoms with Gasteiger partial charge < -0.3 is 9.73 Å². The largest absolute Gasteiger partial charge is 0.460 e. The van der Waals surface area contributed by atoms with Crippen molar-refractivity contribution in [2.24, 2.45) is 11.3 Å². The van der Waals surface area contributed by atoms with Crippen LogP contribution in [0.2, 0.25) is 0 Å². The Hall–Kier alpha value is -2.24. The third kappa shape index (κ3) is 3.81. The van der Waals surface area contributed by atoms with Crippen molar-refractivity contribution in [1.29, 1.82) is 0 Å². The third-order valence-electron chi connectivity index (χ3n) is 6.57. The van der Waals surface area contributed by atoms with Crippen LogP contribution < -0.4 is 5.32 Å². The van der Waals surface area contributed by atoms with Gasteiger partial charge in [-0.15, -0.1) is 11.8 Å². The fourth-order valence-corrected chi connectivity index (χ4v) is 5.07. The monoisotopic (exact) mass is 406 g/mol. The quantitative estimate of drug-likeness (QED) is 0.577. The van der Waals surface area contributed by atoms with Gasteiger partial charge in [0, 0.05) is 21.9 Å². The van der Waals surface area contributed by atoms with E-state index in [2.05, 4.69) is 40.7 Å². The van der Waals surface area contributed by atoms with Crippen molar-refractivity contribution in [3.05, 3.63) is 60.4 Å². The smallest absolute Gasteiger partial charge is 0.228 e. The van der Waals surface area contributed by atoms with Crippen molar-refractivity contribution in [1.82, 2.24) is 4.90 Å². The number of hydrogen-bond acceptors (Lipinski definition) is 4. The minimum Gasteiger partial charge on any atom is -0.460 e. The fourth-order valence-electron chi connectivity index (χ4n) is 4.67. The number of hydrogen-bond donors (Lipinski definition) is 1. The summed E-state index contributed by atoms with van der Waals surface area (Å²) in [6.45, 7) is 2.91. The summed E-state index contributed by atoms with van der Waals surface area (Å²) in [5.41, 5.74) is 2.07. The predicted molar refractivity (Wildman–Crippen MR) is 118 cm³/mol. The lowest BCUT2D eigenvalue weighted by Crippen LogP contribution is -2.35. The Labute approximate surface area is 175 Å². The molecule has 4 nitrogen and oxygen atoms in total. The molecule has 1 atom stereocenters. The first kappa shape index (κ1) is 18.8. The highest BCUT2D eigenvalue weighted by Crippen LogP contribution is 2.59. The van der Waals surface area contributed by atoms with Gasteiger partial charge in [0.05, 0.1) is 6.54 Å². The maximum Gasteiger partial charge on any atom is 0.228 e. The van der Waals surface area contributed by atoms with Gasteiger partial charge in [-0.05, 0) is 80.4 Å². The first-order chi connectivity index (χ1) is 14.1. The van der Waals surface area contributed by atoms with Crippen molar-refractivity contribution >= 4 is 34.3 Å². The topological polar surface area (TPSA) is 45.5 Å². The van der Waals surface area contributed by atoms with Gasteiger partial charge in [0.25, 0.3) is 0 Å². The molecule has 150 valence electrons. The Kier molecular flexibility index (Phi) is 4.88. The molecule has 2 aromatic carbocycles. The van der Waals surface area contributed by atoms with E-state index in [9.17, 15) is 4.79 Å². The zero-order valence-electron chi connectivity index (χ0n) is 16.7. The second-order valence-corrected chi connectivity index (χ2v) is 9.24. The van der Waals surface area contributed by atoms with Crippen molar-refractivity contribution in [3.63, 3.8) is 0 Å². The lowest BCUT2D eigenvalue weighted by Gasteiger charge is -2.32. The summed E-state index contributed by atoms with van der Waals surface area (Å²) < 4.78 is 5.97. The minimum atomic E-state index is 0.163. The number of carbonyl (C=O) groups excluding carboxylic acids is 1. The number of rotatable bonds is 5. The molecule has 29 heavy (non-hydrogen) atoms. The number of benzene rings is 2. The van der Waals surface area contributed by atoms with E-state index < -0.39 is 0 Å². The summed E-state index contributed by atoms with van der Waals surface area (Å²) in [7, 11) is 0. The highest BCUT2D eigenvalue weighted by Gasteiger charge is 2.58. The van der Waals surface area contributed by atoms with Gasteiger partial charge in [-0.3, -0.25) is 9.69 Å². The van der Waals surface area contributed by atoms with E-state index in [-0.39, 0.29) is 17.2 Å². The molecule has 2 heterocycles. The van der Waals surface area contributed by atoms with Crippen LogP contribution in [-0.2, 0) is 11.3 Å². The molecule has 5 heteroatoms. The Morgan fingerprint density at radius 1 is 1.17 bits per heavy atom. The van der Waals surface area contributed by atoms with Crippen molar-refractivity contribution < 1.29 is 9.21 Å². The second kappa shape index (κ2) is 7.54. The lowest BCUT2D eigenvalue weighted by molar-refractivity contribution is -0.118. The van der Waals surface area contributed by atoms with Crippen molar-refractivity contribution in [2.45, 2.75) is 30.7 Å². The van der Waals surface area contributed by atoms with Gasteiger partial charge in [0.15, 0.2) is 0 Å². The number of thioether (sulfide) groups is 1. The minimum absolute atomic E-state index is 0.163. The number of likely N-dealkylation sites (tertiary alicyclic amines) is 1. The van der Waals surface area contributed by atoms with Crippen LogP contribution in [0.5, 0.6) is 0 Å². The van der Waals surface area contributed by atoms with E-state index in [0.29, 0.717) is 0 Å². The zero-order valence-corrected chi connectivity index (χ0v) is 17.5. The second-order valence-electron chi connectivity index (χ2n) is 8.36. The van der Waals surface area contributed by atoms with Crippen molar-refractivity contribution in [3.8, 4) is 0 Å². The maximum atomic E-state index is 12.7. The third-order valence-corrected chi connectivity index (χ3v) is 7.32. The molecule has 5 rings (SSSR count). The molecule has 1 N–H and O–H groups in total. The molecule has 1 spiro atoms. The molecule has 3 aromatic rings. The molecule has 1 aromatic heterocycles. The van der Waals surface area contributed by atoms with Crippen LogP contribution in [0, 0.1) is 11.3 Å². The number of nitrogens with zero attached hydrogens (tertiary/aromatic N) is 1. The van der Waals surface area contributed by atoms with Crippen LogP contribution in [0.4, 0.5) is 5.69 Å². The van der Waals surface area contributed by atoms with E-state index in [1.165, 1.54) is 10.3 Å². The first-order valence-corrected chi connectivity index (χ1v) is 11.5. The van der Waals surface area contributed by atoms with Gasteiger partial charge in [0.1, 0.15) is 11.3 Å². The molecule has 1 aliphatic heterocycles. The van der Waals surface area contributed by atoms with Gasteiger partial charge in [-0.1, -0.05) is 18.2 Å². The lowest BCUT2D eigenvalue weighted by atomic mass is 9.90. The van der Waals surface area contributed by atoms with Gasteiger partial charge in [-0.2, -0.15) is 0 Å². The molecule has 1 amide bonds. The Morgan fingerprint density at radius 2 is 1.93 bits per heavy atom. The molecule has 1 saturated carbocycles. The molecular formula is C24H26N2O2S. The van der Waals surface area contributed by atoms with Crippen LogP contribution in [0.3, 0.4) is 0 Å². The zero-order chi connectivity index (χ0) is 19.8. The van der Waals surface area contributed by atoms with E-state index in [1.54, 1.807) is 11.8 Å². The predicted octanol–water partition coefficient (Wildman–Crippen LogP) is 5.40. The summed E-state index contributed by atoms with van der Waals surface area (Å²) in [4.78, 5) is 16.4. The fraction of sp³-hybridized carbons (Fsp3) is 0.375. The number of piperidine rings is 1. The maximum absolute atomic E-state index is 12.7. The van der Waals surface area contributed by atoms with Gasteiger partial charge in [0.2, 0.25) is 5.91 Å². The molecule has 0 bridgehead atoms.